The van der Waals surface area contributed by atoms with E-state index in [-0.39, 0.29) is 4.90 Å². The van der Waals surface area contributed by atoms with Crippen LogP contribution in [0.2, 0.25) is 0 Å². The van der Waals surface area contributed by atoms with Crippen molar-refractivity contribution in [1.29, 1.82) is 0 Å². The molecule has 0 atom stereocenters. The van der Waals surface area contributed by atoms with E-state index in [4.69, 9.17) is 0 Å². The van der Waals surface area contributed by atoms with Gasteiger partial charge in [0, 0.05) is 0 Å². The molecule has 6 nitrogen and oxygen atoms in total. The average Bonchev–Trinajstić information content (AvgIpc) is 2.12. The van der Waals surface area contributed by atoms with E-state index in [1.165, 1.54) is 0 Å². The zero-order valence-electron chi connectivity index (χ0n) is 9.68. The van der Waals surface area contributed by atoms with Crippen molar-refractivity contribution in [1.82, 2.24) is 0 Å². The van der Waals surface area contributed by atoms with Crippen molar-refractivity contribution in [2.24, 2.45) is 5.73 Å². The van der Waals surface area contributed by atoms with E-state index in [1.54, 1.807) is 26.0 Å². The molecule has 0 spiro atoms. The molecule has 0 radical (unpaired) electrons. The van der Waals surface area contributed by atoms with Gasteiger partial charge in [-0.3, -0.25) is 4.89 Å². The summed E-state index contributed by atoms with van der Waals surface area (Å²) in [5, 5.41) is 0. The summed E-state index contributed by atoms with van der Waals surface area (Å²) in [6.07, 6.45) is -1.32. The van der Waals surface area contributed by atoms with Crippen LogP contribution in [-0.4, -0.2) is 14.5 Å². The minimum Gasteiger partial charge on any atom is -0.333 e. The van der Waals surface area contributed by atoms with Gasteiger partial charge in [0.1, 0.15) is 4.90 Å². The van der Waals surface area contributed by atoms with Gasteiger partial charge in [-0.15, -0.1) is 0 Å². The Kier molecular flexibility index (Phi) is 3.74. The van der Waals surface area contributed by atoms with Gasteiger partial charge in [0.2, 0.25) is 0 Å². The van der Waals surface area contributed by atoms with Crippen LogP contribution in [0.25, 0.3) is 0 Å². The fraction of sp³-hybridized carbons (Fsp3) is 0.300. The van der Waals surface area contributed by atoms with Gasteiger partial charge in [-0.25, -0.2) is 4.79 Å². The highest BCUT2D eigenvalue weighted by atomic mass is 32.2. The number of hydrogen-bond acceptors (Lipinski definition) is 5. The number of aryl methyl sites for hydroxylation is 3. The van der Waals surface area contributed by atoms with E-state index in [9.17, 15) is 13.2 Å². The number of primary amides is 1. The number of rotatable bonds is 3. The molecule has 0 fully saturated rings. The Labute approximate surface area is 99.4 Å². The molecule has 0 bridgehead atoms. The van der Waals surface area contributed by atoms with Crippen molar-refractivity contribution in [2.75, 3.05) is 0 Å². The number of nitrogens with two attached hydrogens (primary N) is 1. The molecule has 1 aromatic rings. The normalized spacial score (nSPS) is 11.2. The lowest BCUT2D eigenvalue weighted by Gasteiger charge is -2.10. The summed E-state index contributed by atoms with van der Waals surface area (Å²) in [5.74, 6) is 0. The van der Waals surface area contributed by atoms with Crippen molar-refractivity contribution < 1.29 is 22.4 Å². The zero-order valence-corrected chi connectivity index (χ0v) is 10.5. The molecule has 0 heterocycles. The third-order valence-electron chi connectivity index (χ3n) is 2.06. The SMILES string of the molecule is Cc1cc(C)c(S(=O)(=O)OOC(N)=O)c(C)c1. The van der Waals surface area contributed by atoms with Gasteiger partial charge in [-0.05, 0) is 36.2 Å². The van der Waals surface area contributed by atoms with E-state index >= 15 is 0 Å². The van der Waals surface area contributed by atoms with E-state index < -0.39 is 16.2 Å². The summed E-state index contributed by atoms with van der Waals surface area (Å²) in [4.78, 5) is 14.1. The molecule has 0 aromatic heterocycles. The van der Waals surface area contributed by atoms with E-state index in [0.29, 0.717) is 11.1 Å². The van der Waals surface area contributed by atoms with Crippen LogP contribution >= 0.6 is 0 Å². The highest BCUT2D eigenvalue weighted by Crippen LogP contribution is 2.23. The largest absolute Gasteiger partial charge is 0.437 e. The maximum Gasteiger partial charge on any atom is 0.437 e. The van der Waals surface area contributed by atoms with Crippen LogP contribution in [0.3, 0.4) is 0 Å². The highest BCUT2D eigenvalue weighted by Gasteiger charge is 2.23. The minimum atomic E-state index is -4.16. The first-order chi connectivity index (χ1) is 7.74. The van der Waals surface area contributed by atoms with E-state index in [1.807, 2.05) is 6.92 Å². The third-order valence-corrected chi connectivity index (χ3v) is 3.45. The molecule has 17 heavy (non-hydrogen) atoms. The van der Waals surface area contributed by atoms with Crippen molar-refractivity contribution in [2.45, 2.75) is 25.7 Å². The molecule has 0 aliphatic heterocycles. The van der Waals surface area contributed by atoms with Gasteiger partial charge in [0.15, 0.2) is 0 Å². The number of amides is 1. The lowest BCUT2D eigenvalue weighted by Crippen LogP contribution is -2.18. The second-order valence-corrected chi connectivity index (χ2v) is 5.10. The summed E-state index contributed by atoms with van der Waals surface area (Å²) in [6.45, 7) is 5.10. The molecule has 0 aliphatic rings. The lowest BCUT2D eigenvalue weighted by molar-refractivity contribution is -0.132. The summed E-state index contributed by atoms with van der Waals surface area (Å²) in [6, 6.07) is 3.38. The molecule has 0 saturated carbocycles. The highest BCUT2D eigenvalue weighted by molar-refractivity contribution is 7.86. The Balaban J connectivity index is 3.20. The van der Waals surface area contributed by atoms with Crippen LogP contribution in [0.4, 0.5) is 4.79 Å². The zero-order chi connectivity index (χ0) is 13.2. The molecule has 1 rings (SSSR count). The number of carbonyl (C=O) groups excluding carboxylic acids is 1. The second kappa shape index (κ2) is 4.72. The summed E-state index contributed by atoms with van der Waals surface area (Å²) < 4.78 is 27.5. The molecular weight excluding hydrogens is 246 g/mol. The molecule has 0 saturated heterocycles. The van der Waals surface area contributed by atoms with Crippen LogP contribution in [0.1, 0.15) is 16.7 Å². The topological polar surface area (TPSA) is 95.7 Å². The fourth-order valence-electron chi connectivity index (χ4n) is 1.67. The molecule has 7 heteroatoms. The molecule has 1 aromatic carbocycles. The Hall–Kier alpha value is -1.60. The Morgan fingerprint density at radius 2 is 1.65 bits per heavy atom. The first-order valence-electron chi connectivity index (χ1n) is 4.72. The predicted octanol–water partition coefficient (Wildman–Crippen LogP) is 1.33. The number of benzene rings is 1. The molecule has 0 unspecified atom stereocenters. The minimum absolute atomic E-state index is 0.0237. The summed E-state index contributed by atoms with van der Waals surface area (Å²) >= 11 is 0. The van der Waals surface area contributed by atoms with Crippen molar-refractivity contribution in [3.05, 3.63) is 28.8 Å². The van der Waals surface area contributed by atoms with Crippen LogP contribution in [0, 0.1) is 20.8 Å². The maximum absolute atomic E-state index is 11.7. The lowest BCUT2D eigenvalue weighted by atomic mass is 10.1. The van der Waals surface area contributed by atoms with Gasteiger partial charge in [-0.2, -0.15) is 8.42 Å². The summed E-state index contributed by atoms with van der Waals surface area (Å²) in [7, 11) is -4.16. The van der Waals surface area contributed by atoms with E-state index in [0.717, 1.165) is 5.56 Å². The van der Waals surface area contributed by atoms with Crippen molar-refractivity contribution in [3.8, 4) is 0 Å². The standard InChI is InChI=1S/C10H13NO5S/c1-6-4-7(2)9(8(3)5-6)17(13,14)16-15-10(11)12/h4-5H,1-3H3,(H2,11,12). The molecule has 1 amide bonds. The Morgan fingerprint density at radius 1 is 1.18 bits per heavy atom. The van der Waals surface area contributed by atoms with Gasteiger partial charge in [0.25, 0.3) is 0 Å². The van der Waals surface area contributed by atoms with Crippen molar-refractivity contribution >= 4 is 16.2 Å². The molecule has 0 aliphatic carbocycles. The first kappa shape index (κ1) is 13.5. The number of carbonyl (C=O) groups is 1. The fourth-order valence-corrected chi connectivity index (χ4v) is 2.80. The third kappa shape index (κ3) is 3.18. The van der Waals surface area contributed by atoms with Gasteiger partial charge in [-0.1, -0.05) is 17.7 Å². The van der Waals surface area contributed by atoms with Crippen LogP contribution in [0.15, 0.2) is 17.0 Å². The molecule has 94 valence electrons. The van der Waals surface area contributed by atoms with Gasteiger partial charge in [0.05, 0.1) is 0 Å². The monoisotopic (exact) mass is 259 g/mol. The van der Waals surface area contributed by atoms with E-state index in [2.05, 4.69) is 15.0 Å². The van der Waals surface area contributed by atoms with Gasteiger partial charge < -0.3 is 5.73 Å². The van der Waals surface area contributed by atoms with Gasteiger partial charge >= 0.3 is 16.2 Å². The van der Waals surface area contributed by atoms with Crippen LogP contribution in [0.5, 0.6) is 0 Å². The predicted molar refractivity (Wildman–Crippen MR) is 59.6 cm³/mol. The van der Waals surface area contributed by atoms with Crippen molar-refractivity contribution in [3.63, 3.8) is 0 Å². The molecular formula is C10H13NO5S. The quantitative estimate of drug-likeness (QED) is 0.652. The molecule has 2 N–H and O–H groups in total. The smallest absolute Gasteiger partial charge is 0.333 e. The Bertz CT molecular complexity index is 527. The maximum atomic E-state index is 11.7. The Morgan fingerprint density at radius 3 is 2.06 bits per heavy atom. The number of hydrogen-bond donors (Lipinski definition) is 1. The van der Waals surface area contributed by atoms with Crippen LogP contribution in [-0.2, 0) is 19.3 Å². The average molecular weight is 259 g/mol. The second-order valence-electron chi connectivity index (χ2n) is 3.65. The first-order valence-corrected chi connectivity index (χ1v) is 6.13. The summed E-state index contributed by atoms with van der Waals surface area (Å²) in [5.41, 5.74) is 6.57. The van der Waals surface area contributed by atoms with Crippen LogP contribution < -0.4 is 5.73 Å².